The van der Waals surface area contributed by atoms with Gasteiger partial charge in [-0.3, -0.25) is 0 Å². The topological polar surface area (TPSA) is 40.6 Å². The summed E-state index contributed by atoms with van der Waals surface area (Å²) in [5, 5.41) is 0.744. The molecule has 7 heteroatoms. The van der Waals surface area contributed by atoms with Crippen molar-refractivity contribution in [3.05, 3.63) is 45.8 Å². The number of piperazine rings is 1. The highest BCUT2D eigenvalue weighted by atomic mass is 35.5. The molecule has 3 rings (SSSR count). The van der Waals surface area contributed by atoms with Gasteiger partial charge in [0.1, 0.15) is 4.21 Å². The van der Waals surface area contributed by atoms with E-state index in [2.05, 4.69) is 4.90 Å². The Morgan fingerprint density at radius 3 is 2.42 bits per heavy atom. The molecule has 0 saturated carbocycles. The van der Waals surface area contributed by atoms with Crippen molar-refractivity contribution in [3.63, 3.8) is 0 Å². The van der Waals surface area contributed by atoms with Crippen LogP contribution in [0.25, 0.3) is 0 Å². The normalized spacial score (nSPS) is 16.5. The number of sulfonamides is 1. The summed E-state index contributed by atoms with van der Waals surface area (Å²) in [6, 6.07) is 9.62. The molecule has 2 aromatic rings. The summed E-state index contributed by atoms with van der Waals surface area (Å²) >= 11 is 7.57. The summed E-state index contributed by atoms with van der Waals surface area (Å²) in [7, 11) is -3.37. The number of halogens is 1. The third-order valence-electron chi connectivity index (χ3n) is 4.34. The van der Waals surface area contributed by atoms with E-state index in [0.29, 0.717) is 30.4 Å². The van der Waals surface area contributed by atoms with E-state index in [9.17, 15) is 8.42 Å². The maximum Gasteiger partial charge on any atom is 0.252 e. The van der Waals surface area contributed by atoms with Crippen LogP contribution in [0.1, 0.15) is 17.4 Å². The Balaban J connectivity index is 1.71. The van der Waals surface area contributed by atoms with Crippen molar-refractivity contribution in [2.75, 3.05) is 31.1 Å². The predicted molar refractivity (Wildman–Crippen MR) is 101 cm³/mol. The maximum atomic E-state index is 12.8. The highest BCUT2D eigenvalue weighted by Gasteiger charge is 2.29. The molecule has 0 bridgehead atoms. The SMILES string of the molecule is CCc1ccc(S(=O)(=O)N2CCN(c3ccc(C)c(Cl)c3)CC2)s1. The number of thiophene rings is 1. The molecule has 0 spiro atoms. The Morgan fingerprint density at radius 1 is 1.12 bits per heavy atom. The van der Waals surface area contributed by atoms with Crippen molar-refractivity contribution in [1.29, 1.82) is 0 Å². The van der Waals surface area contributed by atoms with Gasteiger partial charge in [0.2, 0.25) is 0 Å². The van der Waals surface area contributed by atoms with E-state index in [1.807, 2.05) is 38.1 Å². The zero-order valence-corrected chi connectivity index (χ0v) is 16.2. The Labute approximate surface area is 152 Å². The van der Waals surface area contributed by atoms with Gasteiger partial charge in [-0.25, -0.2) is 8.42 Å². The Morgan fingerprint density at radius 2 is 1.83 bits per heavy atom. The van der Waals surface area contributed by atoms with Crippen LogP contribution in [-0.4, -0.2) is 38.9 Å². The minimum absolute atomic E-state index is 0.450. The number of benzene rings is 1. The number of hydrogen-bond acceptors (Lipinski definition) is 4. The molecule has 1 fully saturated rings. The fourth-order valence-electron chi connectivity index (χ4n) is 2.78. The quantitative estimate of drug-likeness (QED) is 0.805. The van der Waals surface area contributed by atoms with Gasteiger partial charge in [0.15, 0.2) is 0 Å². The van der Waals surface area contributed by atoms with Crippen LogP contribution in [0.5, 0.6) is 0 Å². The first kappa shape index (κ1) is 17.7. The number of anilines is 1. The lowest BCUT2D eigenvalue weighted by Gasteiger charge is -2.35. The van der Waals surface area contributed by atoms with Gasteiger partial charge >= 0.3 is 0 Å². The van der Waals surface area contributed by atoms with Gasteiger partial charge in [0.25, 0.3) is 10.0 Å². The highest BCUT2D eigenvalue weighted by molar-refractivity contribution is 7.91. The van der Waals surface area contributed by atoms with Crippen LogP contribution in [0.3, 0.4) is 0 Å². The first-order chi connectivity index (χ1) is 11.4. The average Bonchev–Trinajstić information content (AvgIpc) is 3.07. The molecule has 1 aromatic carbocycles. The van der Waals surface area contributed by atoms with E-state index < -0.39 is 10.0 Å². The van der Waals surface area contributed by atoms with Crippen LogP contribution in [0.4, 0.5) is 5.69 Å². The largest absolute Gasteiger partial charge is 0.369 e. The molecule has 0 N–H and O–H groups in total. The van der Waals surface area contributed by atoms with Crippen LogP contribution in [0.15, 0.2) is 34.5 Å². The minimum Gasteiger partial charge on any atom is -0.369 e. The lowest BCUT2D eigenvalue weighted by Crippen LogP contribution is -2.48. The van der Waals surface area contributed by atoms with Crippen molar-refractivity contribution in [1.82, 2.24) is 4.31 Å². The lowest BCUT2D eigenvalue weighted by atomic mass is 10.2. The van der Waals surface area contributed by atoms with Gasteiger partial charge in [0, 0.05) is 41.8 Å². The second-order valence-electron chi connectivity index (χ2n) is 5.90. The molecule has 1 aliphatic heterocycles. The fourth-order valence-corrected chi connectivity index (χ4v) is 5.83. The monoisotopic (exact) mass is 384 g/mol. The van der Waals surface area contributed by atoms with Crippen molar-refractivity contribution in [3.8, 4) is 0 Å². The van der Waals surface area contributed by atoms with Crippen LogP contribution < -0.4 is 4.90 Å². The lowest BCUT2D eigenvalue weighted by molar-refractivity contribution is 0.386. The summed E-state index contributed by atoms with van der Waals surface area (Å²) in [4.78, 5) is 3.28. The molecule has 0 atom stereocenters. The summed E-state index contributed by atoms with van der Waals surface area (Å²) < 4.78 is 27.5. The summed E-state index contributed by atoms with van der Waals surface area (Å²) in [6.45, 7) is 6.34. The molecule has 24 heavy (non-hydrogen) atoms. The molecule has 1 aliphatic rings. The molecular formula is C17H21ClN2O2S2. The van der Waals surface area contributed by atoms with E-state index >= 15 is 0 Å². The van der Waals surface area contributed by atoms with E-state index in [1.54, 1.807) is 10.4 Å². The van der Waals surface area contributed by atoms with Crippen molar-refractivity contribution in [2.45, 2.75) is 24.5 Å². The second-order valence-corrected chi connectivity index (χ2v) is 9.64. The van der Waals surface area contributed by atoms with Crippen molar-refractivity contribution < 1.29 is 8.42 Å². The van der Waals surface area contributed by atoms with E-state index in [-0.39, 0.29) is 0 Å². The van der Waals surface area contributed by atoms with Gasteiger partial charge in [-0.15, -0.1) is 11.3 Å². The van der Waals surface area contributed by atoms with Gasteiger partial charge in [-0.2, -0.15) is 4.31 Å². The first-order valence-electron chi connectivity index (χ1n) is 8.02. The van der Waals surface area contributed by atoms with E-state index in [0.717, 1.165) is 27.6 Å². The van der Waals surface area contributed by atoms with Gasteiger partial charge in [-0.1, -0.05) is 24.6 Å². The fraction of sp³-hybridized carbons (Fsp3) is 0.412. The number of nitrogens with zero attached hydrogens (tertiary/aromatic N) is 2. The third kappa shape index (κ3) is 3.47. The molecule has 130 valence electrons. The van der Waals surface area contributed by atoms with E-state index in [1.165, 1.54) is 11.3 Å². The summed E-state index contributed by atoms with van der Waals surface area (Å²) in [5.41, 5.74) is 2.10. The average molecular weight is 385 g/mol. The summed E-state index contributed by atoms with van der Waals surface area (Å²) in [6.07, 6.45) is 0.863. The molecule has 0 unspecified atom stereocenters. The van der Waals surface area contributed by atoms with Crippen molar-refractivity contribution >= 4 is 38.6 Å². The molecule has 1 aromatic heterocycles. The molecule has 1 saturated heterocycles. The molecule has 4 nitrogen and oxygen atoms in total. The Bertz CT molecular complexity index is 825. The minimum atomic E-state index is -3.37. The molecule has 0 aliphatic carbocycles. The Kier molecular flexibility index (Phi) is 5.20. The van der Waals surface area contributed by atoms with Crippen LogP contribution in [0, 0.1) is 6.92 Å². The van der Waals surface area contributed by atoms with E-state index in [4.69, 9.17) is 11.6 Å². The maximum absolute atomic E-state index is 12.8. The number of rotatable bonds is 4. The van der Waals surface area contributed by atoms with Gasteiger partial charge in [-0.05, 0) is 43.2 Å². The highest BCUT2D eigenvalue weighted by Crippen LogP contribution is 2.28. The van der Waals surface area contributed by atoms with Crippen molar-refractivity contribution in [2.24, 2.45) is 0 Å². The smallest absolute Gasteiger partial charge is 0.252 e. The van der Waals surface area contributed by atoms with Gasteiger partial charge in [0.05, 0.1) is 0 Å². The molecule has 2 heterocycles. The van der Waals surface area contributed by atoms with Crippen LogP contribution >= 0.6 is 22.9 Å². The van der Waals surface area contributed by atoms with Gasteiger partial charge < -0.3 is 4.90 Å². The third-order valence-corrected chi connectivity index (χ3v) is 8.34. The standard InChI is InChI=1S/C17H21ClN2O2S2/c1-3-15-6-7-17(23-15)24(21,22)20-10-8-19(9-11-20)14-5-4-13(2)16(18)12-14/h4-7,12H,3,8-11H2,1-2H3. The molecule has 0 amide bonds. The zero-order valence-electron chi connectivity index (χ0n) is 13.8. The first-order valence-corrected chi connectivity index (χ1v) is 10.6. The van der Waals surface area contributed by atoms with Crippen LogP contribution in [0.2, 0.25) is 5.02 Å². The summed E-state index contributed by atoms with van der Waals surface area (Å²) in [5.74, 6) is 0. The number of aryl methyl sites for hydroxylation is 2. The zero-order chi connectivity index (χ0) is 17.3. The predicted octanol–water partition coefficient (Wildman–Crippen LogP) is 3.78. The number of hydrogen-bond donors (Lipinski definition) is 0. The second kappa shape index (κ2) is 7.04. The van der Waals surface area contributed by atoms with Crippen LogP contribution in [-0.2, 0) is 16.4 Å². The molecule has 0 radical (unpaired) electrons. The Hall–Kier alpha value is -1.08. The molecular weight excluding hydrogens is 364 g/mol.